The molecule has 0 saturated carbocycles. The van der Waals surface area contributed by atoms with Crippen LogP contribution < -0.4 is 0 Å². The molecule has 4 rings (SSSR count). The second-order valence-corrected chi connectivity index (χ2v) is 11.4. The molecule has 0 spiro atoms. The van der Waals surface area contributed by atoms with Gasteiger partial charge in [-0.05, 0) is 83.2 Å². The van der Waals surface area contributed by atoms with Crippen LogP contribution in [0.5, 0.6) is 0 Å². The quantitative estimate of drug-likeness (QED) is 0.145. The molecule has 0 aromatic heterocycles. The summed E-state index contributed by atoms with van der Waals surface area (Å²) in [6, 6.07) is 7.08. The Kier molecular flexibility index (Phi) is 11.8. The number of thiol groups is 1. The summed E-state index contributed by atoms with van der Waals surface area (Å²) in [5.74, 6) is 0.373. The van der Waals surface area contributed by atoms with Crippen molar-refractivity contribution in [2.75, 3.05) is 0 Å². The molecule has 3 aliphatic carbocycles. The maximum absolute atomic E-state index is 4.96. The fourth-order valence-electron chi connectivity index (χ4n) is 5.74. The van der Waals surface area contributed by atoms with E-state index in [1.54, 1.807) is 0 Å². The van der Waals surface area contributed by atoms with Crippen molar-refractivity contribution in [2.24, 2.45) is 5.92 Å². The van der Waals surface area contributed by atoms with Crippen molar-refractivity contribution in [1.29, 1.82) is 0 Å². The Morgan fingerprint density at radius 1 is 0.872 bits per heavy atom. The number of unbranched alkanes of at least 4 members (excludes halogenated alkanes) is 6. The molecule has 39 heavy (non-hydrogen) atoms. The zero-order valence-electron chi connectivity index (χ0n) is 24.0. The number of hydrogen-bond donors (Lipinski definition) is 1. The average Bonchev–Trinajstić information content (AvgIpc) is 3.30. The second-order valence-electron chi connectivity index (χ2n) is 10.9. The zero-order chi connectivity index (χ0) is 27.3. The third-order valence-electron chi connectivity index (χ3n) is 7.95. The van der Waals surface area contributed by atoms with Crippen molar-refractivity contribution in [1.82, 2.24) is 0 Å². The minimum absolute atomic E-state index is 0.373. The maximum atomic E-state index is 4.96. The highest BCUT2D eigenvalue weighted by atomic mass is 32.1. The Bertz CT molecular complexity index is 1250. The molecule has 204 valence electrons. The Morgan fingerprint density at radius 3 is 2.51 bits per heavy atom. The van der Waals surface area contributed by atoms with E-state index in [0.717, 1.165) is 24.2 Å². The van der Waals surface area contributed by atoms with Crippen LogP contribution in [0, 0.1) is 5.92 Å². The highest BCUT2D eigenvalue weighted by molar-refractivity contribution is 7.90. The van der Waals surface area contributed by atoms with Gasteiger partial charge in [0.15, 0.2) is 0 Å². The van der Waals surface area contributed by atoms with Crippen molar-refractivity contribution in [3.63, 3.8) is 0 Å². The third-order valence-corrected chi connectivity index (χ3v) is 8.35. The maximum Gasteiger partial charge on any atom is 0.0210 e. The summed E-state index contributed by atoms with van der Waals surface area (Å²) >= 11 is 4.96. The summed E-state index contributed by atoms with van der Waals surface area (Å²) in [6.07, 6.45) is 42.5. The van der Waals surface area contributed by atoms with Crippen molar-refractivity contribution >= 4 is 28.7 Å². The van der Waals surface area contributed by atoms with Gasteiger partial charge in [0.05, 0.1) is 0 Å². The molecule has 0 nitrogen and oxygen atoms in total. The van der Waals surface area contributed by atoms with Crippen LogP contribution in [0.25, 0.3) is 16.1 Å². The number of fused-ring (bicyclic) bond motifs is 2. The van der Waals surface area contributed by atoms with Gasteiger partial charge in [-0.1, -0.05) is 137 Å². The van der Waals surface area contributed by atoms with Crippen LogP contribution in [0.15, 0.2) is 108 Å². The topological polar surface area (TPSA) is 0 Å². The SMILES string of the molecule is CCCCCCC1=CC2C=CC=CC2=C(CCCCCC)c2cc(/C(S)=C/C=C/C3=CC=CC=CC3)ccc21. The molecule has 1 atom stereocenters. The highest BCUT2D eigenvalue weighted by Gasteiger charge is 2.24. The lowest BCUT2D eigenvalue weighted by Crippen LogP contribution is -2.02. The van der Waals surface area contributed by atoms with E-state index < -0.39 is 0 Å². The summed E-state index contributed by atoms with van der Waals surface area (Å²) in [4.78, 5) is 1.01. The van der Waals surface area contributed by atoms with E-state index in [9.17, 15) is 0 Å². The molecule has 1 heteroatoms. The van der Waals surface area contributed by atoms with Crippen molar-refractivity contribution in [2.45, 2.75) is 84.5 Å². The van der Waals surface area contributed by atoms with E-state index >= 15 is 0 Å². The van der Waals surface area contributed by atoms with E-state index in [-0.39, 0.29) is 0 Å². The lowest BCUT2D eigenvalue weighted by molar-refractivity contribution is 0.677. The molecule has 0 heterocycles. The Balaban J connectivity index is 1.69. The molecule has 1 aromatic carbocycles. The number of rotatable bonds is 13. The van der Waals surface area contributed by atoms with Gasteiger partial charge in [0.2, 0.25) is 0 Å². The second kappa shape index (κ2) is 15.7. The average molecular weight is 535 g/mol. The predicted molar refractivity (Wildman–Crippen MR) is 178 cm³/mol. The molecule has 0 radical (unpaired) electrons. The van der Waals surface area contributed by atoms with Gasteiger partial charge < -0.3 is 0 Å². The standard InChI is InChI=1S/C38H46S/c1-3-5-7-13-21-32-28-31-22-15-16-23-34(31)36(24-14-8-6-4-2)37-29-33(26-27-35(32)37)38(39)25-17-20-30-18-11-9-10-12-19-30/h9-12,15-18,20,22-23,25-29,31,39H,3-8,13-14,19,21,24H2,1-2H3/b20-17+,38-25-. The molecule has 0 saturated heterocycles. The van der Waals surface area contributed by atoms with Crippen LogP contribution in [-0.2, 0) is 0 Å². The highest BCUT2D eigenvalue weighted by Crippen LogP contribution is 2.43. The number of allylic oxidation sites excluding steroid dienone is 17. The molecule has 0 amide bonds. The van der Waals surface area contributed by atoms with Gasteiger partial charge in [0.25, 0.3) is 0 Å². The molecule has 1 aromatic rings. The molecular formula is C38H46S. The lowest BCUT2D eigenvalue weighted by Gasteiger charge is -2.19. The molecule has 0 bridgehead atoms. The Hall–Kier alpha value is -2.77. The van der Waals surface area contributed by atoms with Gasteiger partial charge in [0, 0.05) is 10.8 Å². The van der Waals surface area contributed by atoms with Crippen LogP contribution in [0.3, 0.4) is 0 Å². The van der Waals surface area contributed by atoms with Crippen LogP contribution in [0.2, 0.25) is 0 Å². The summed E-state index contributed by atoms with van der Waals surface area (Å²) in [5.41, 5.74) is 9.90. The smallest absolute Gasteiger partial charge is 0.0210 e. The van der Waals surface area contributed by atoms with E-state index in [4.69, 9.17) is 12.6 Å². The first-order valence-electron chi connectivity index (χ1n) is 15.2. The molecular weight excluding hydrogens is 488 g/mol. The largest absolute Gasteiger partial charge is 0.143 e. The fraction of sp³-hybridized carbons (Fsp3) is 0.368. The predicted octanol–water partition coefficient (Wildman–Crippen LogP) is 11.8. The first-order chi connectivity index (χ1) is 19.2. The number of hydrogen-bond acceptors (Lipinski definition) is 1. The fourth-order valence-corrected chi connectivity index (χ4v) is 5.97. The molecule has 0 fully saturated rings. The van der Waals surface area contributed by atoms with E-state index in [0.29, 0.717) is 5.92 Å². The van der Waals surface area contributed by atoms with E-state index in [1.807, 2.05) is 0 Å². The summed E-state index contributed by atoms with van der Waals surface area (Å²) < 4.78 is 0. The monoisotopic (exact) mass is 534 g/mol. The van der Waals surface area contributed by atoms with Gasteiger partial charge in [0.1, 0.15) is 0 Å². The normalized spacial score (nSPS) is 18.6. The van der Waals surface area contributed by atoms with Gasteiger partial charge in [-0.3, -0.25) is 0 Å². The molecule has 0 N–H and O–H groups in total. The summed E-state index contributed by atoms with van der Waals surface area (Å²) in [7, 11) is 0. The molecule has 1 unspecified atom stereocenters. The molecule has 3 aliphatic rings. The summed E-state index contributed by atoms with van der Waals surface area (Å²) in [5, 5.41) is 0. The third kappa shape index (κ3) is 8.36. The van der Waals surface area contributed by atoms with E-state index in [2.05, 4.69) is 111 Å². The minimum Gasteiger partial charge on any atom is -0.143 e. The Morgan fingerprint density at radius 2 is 1.69 bits per heavy atom. The Labute approximate surface area is 243 Å². The zero-order valence-corrected chi connectivity index (χ0v) is 24.9. The van der Waals surface area contributed by atoms with Crippen molar-refractivity contribution < 1.29 is 0 Å². The van der Waals surface area contributed by atoms with Gasteiger partial charge in [-0.25, -0.2) is 0 Å². The lowest BCUT2D eigenvalue weighted by atomic mass is 9.85. The van der Waals surface area contributed by atoms with Crippen molar-refractivity contribution in [3.05, 3.63) is 125 Å². The van der Waals surface area contributed by atoms with Gasteiger partial charge in [-0.15, -0.1) is 12.6 Å². The van der Waals surface area contributed by atoms with Crippen LogP contribution in [0.4, 0.5) is 0 Å². The van der Waals surface area contributed by atoms with Crippen LogP contribution in [-0.4, -0.2) is 0 Å². The van der Waals surface area contributed by atoms with Gasteiger partial charge in [-0.2, -0.15) is 0 Å². The van der Waals surface area contributed by atoms with Gasteiger partial charge >= 0.3 is 0 Å². The number of benzene rings is 1. The first kappa shape index (κ1) is 29.2. The van der Waals surface area contributed by atoms with Crippen molar-refractivity contribution in [3.8, 4) is 0 Å². The molecule has 0 aliphatic heterocycles. The van der Waals surface area contributed by atoms with Crippen LogP contribution >= 0.6 is 12.6 Å². The summed E-state index contributed by atoms with van der Waals surface area (Å²) in [6.45, 7) is 4.59. The minimum atomic E-state index is 0.373. The van der Waals surface area contributed by atoms with E-state index in [1.165, 1.54) is 90.3 Å². The van der Waals surface area contributed by atoms with Crippen LogP contribution in [0.1, 0.15) is 101 Å². The first-order valence-corrected chi connectivity index (χ1v) is 15.7.